The number of carbonyl (C=O) groups is 1. The van der Waals surface area contributed by atoms with E-state index in [9.17, 15) is 4.79 Å². The van der Waals surface area contributed by atoms with E-state index in [1.54, 1.807) is 11.8 Å². The van der Waals surface area contributed by atoms with Crippen molar-refractivity contribution in [2.24, 2.45) is 0 Å². The second-order valence-electron chi connectivity index (χ2n) is 5.22. The molecule has 0 spiro atoms. The lowest BCUT2D eigenvalue weighted by Gasteiger charge is -2.11. The van der Waals surface area contributed by atoms with Crippen LogP contribution < -0.4 is 5.32 Å². The van der Waals surface area contributed by atoms with Crippen molar-refractivity contribution in [3.63, 3.8) is 0 Å². The smallest absolute Gasteiger partial charge is 0.230 e. The summed E-state index contributed by atoms with van der Waals surface area (Å²) in [5.74, 6) is 3.00. The van der Waals surface area contributed by atoms with Crippen molar-refractivity contribution in [2.75, 3.05) is 5.75 Å². The maximum absolute atomic E-state index is 11.9. The molecule has 0 aliphatic rings. The molecule has 1 amide bonds. The summed E-state index contributed by atoms with van der Waals surface area (Å²) < 4.78 is 5.51. The molecule has 0 aliphatic carbocycles. The lowest BCUT2D eigenvalue weighted by atomic mass is 10.2. The molecular formula is C17H21NO2S. The van der Waals surface area contributed by atoms with E-state index in [0.29, 0.717) is 5.75 Å². The molecular weight excluding hydrogens is 282 g/mol. The third-order valence-corrected chi connectivity index (χ3v) is 4.19. The van der Waals surface area contributed by atoms with Gasteiger partial charge in [0.25, 0.3) is 0 Å². The highest BCUT2D eigenvalue weighted by molar-refractivity contribution is 7.99. The molecule has 4 heteroatoms. The molecule has 3 nitrogen and oxygen atoms in total. The van der Waals surface area contributed by atoms with Crippen molar-refractivity contribution in [3.8, 4) is 0 Å². The average molecular weight is 303 g/mol. The topological polar surface area (TPSA) is 42.2 Å². The second-order valence-corrected chi connectivity index (χ2v) is 6.20. The van der Waals surface area contributed by atoms with Gasteiger partial charge in [0.15, 0.2) is 0 Å². The molecule has 1 aromatic carbocycles. The average Bonchev–Trinajstić information content (AvgIpc) is 2.88. The van der Waals surface area contributed by atoms with Crippen molar-refractivity contribution in [1.82, 2.24) is 5.32 Å². The highest BCUT2D eigenvalue weighted by atomic mass is 32.2. The fourth-order valence-corrected chi connectivity index (χ4v) is 2.79. The summed E-state index contributed by atoms with van der Waals surface area (Å²) in [6.45, 7) is 5.90. The third kappa shape index (κ3) is 4.97. The Kier molecular flexibility index (Phi) is 5.51. The van der Waals surface area contributed by atoms with E-state index in [1.807, 2.05) is 26.0 Å². The Bertz CT molecular complexity index is 589. The van der Waals surface area contributed by atoms with Gasteiger partial charge in [-0.25, -0.2) is 0 Å². The lowest BCUT2D eigenvalue weighted by molar-refractivity contribution is -0.119. The third-order valence-electron chi connectivity index (χ3n) is 3.19. The van der Waals surface area contributed by atoms with E-state index in [0.717, 1.165) is 17.3 Å². The number of nitrogens with one attached hydrogen (secondary N) is 1. The lowest BCUT2D eigenvalue weighted by Crippen LogP contribution is -2.28. The first-order chi connectivity index (χ1) is 10.0. The van der Waals surface area contributed by atoms with Crippen LogP contribution >= 0.6 is 11.8 Å². The Morgan fingerprint density at radius 1 is 1.19 bits per heavy atom. The molecule has 0 saturated heterocycles. The Morgan fingerprint density at radius 2 is 1.90 bits per heavy atom. The van der Waals surface area contributed by atoms with Crippen LogP contribution in [-0.2, 0) is 10.5 Å². The maximum atomic E-state index is 11.9. The van der Waals surface area contributed by atoms with Crippen LogP contribution in [0.4, 0.5) is 0 Å². The Labute approximate surface area is 130 Å². The van der Waals surface area contributed by atoms with Gasteiger partial charge in [-0.3, -0.25) is 4.79 Å². The highest BCUT2D eigenvalue weighted by Crippen LogP contribution is 2.17. The summed E-state index contributed by atoms with van der Waals surface area (Å²) in [4.78, 5) is 11.9. The van der Waals surface area contributed by atoms with Gasteiger partial charge in [-0.05, 0) is 38.5 Å². The van der Waals surface area contributed by atoms with E-state index in [-0.39, 0.29) is 11.9 Å². The minimum atomic E-state index is -0.0915. The summed E-state index contributed by atoms with van der Waals surface area (Å²) in [5.41, 5.74) is 2.50. The molecule has 2 aromatic rings. The van der Waals surface area contributed by atoms with Crippen molar-refractivity contribution < 1.29 is 9.21 Å². The summed E-state index contributed by atoms with van der Waals surface area (Å²) >= 11 is 1.62. The van der Waals surface area contributed by atoms with Crippen LogP contribution in [0.15, 0.2) is 40.8 Å². The number of thioether (sulfide) groups is 1. The molecule has 0 fully saturated rings. The van der Waals surface area contributed by atoms with Gasteiger partial charge in [0.2, 0.25) is 5.91 Å². The molecule has 112 valence electrons. The molecule has 0 radical (unpaired) electrons. The van der Waals surface area contributed by atoms with Gasteiger partial charge in [0.05, 0.1) is 11.8 Å². The van der Waals surface area contributed by atoms with Gasteiger partial charge in [-0.1, -0.05) is 29.8 Å². The number of benzene rings is 1. The van der Waals surface area contributed by atoms with Crippen LogP contribution in [0.1, 0.15) is 35.6 Å². The van der Waals surface area contributed by atoms with E-state index in [4.69, 9.17) is 4.42 Å². The first-order valence-electron chi connectivity index (χ1n) is 7.03. The van der Waals surface area contributed by atoms with Crippen LogP contribution in [0.25, 0.3) is 0 Å². The molecule has 21 heavy (non-hydrogen) atoms. The van der Waals surface area contributed by atoms with Crippen LogP contribution in [0.3, 0.4) is 0 Å². The predicted octanol–water partition coefficient (Wildman–Crippen LogP) is 4.01. The molecule has 0 saturated carbocycles. The van der Waals surface area contributed by atoms with Gasteiger partial charge in [-0.15, -0.1) is 11.8 Å². The first-order valence-corrected chi connectivity index (χ1v) is 8.19. The minimum absolute atomic E-state index is 0.0358. The molecule has 0 unspecified atom stereocenters. The molecule has 1 heterocycles. The SMILES string of the molecule is Cc1ccc(CSCC(=O)N[C@@H](C)c2ccc(C)o2)cc1. The van der Waals surface area contributed by atoms with Crippen molar-refractivity contribution in [1.29, 1.82) is 0 Å². The van der Waals surface area contributed by atoms with Crippen LogP contribution in [0, 0.1) is 13.8 Å². The van der Waals surface area contributed by atoms with Crippen molar-refractivity contribution >= 4 is 17.7 Å². The monoisotopic (exact) mass is 303 g/mol. The van der Waals surface area contributed by atoms with Crippen LogP contribution in [0.2, 0.25) is 0 Å². The minimum Gasteiger partial charge on any atom is -0.464 e. The first kappa shape index (κ1) is 15.7. The standard InChI is InChI=1S/C17H21NO2S/c1-12-4-7-15(8-5-12)10-21-11-17(19)18-14(3)16-9-6-13(2)20-16/h4-9,14H,10-11H2,1-3H3,(H,18,19)/t14-/m0/s1. The molecule has 1 atom stereocenters. The Morgan fingerprint density at radius 3 is 2.52 bits per heavy atom. The molecule has 0 aliphatic heterocycles. The van der Waals surface area contributed by atoms with Gasteiger partial charge in [0.1, 0.15) is 11.5 Å². The number of furan rings is 1. The highest BCUT2D eigenvalue weighted by Gasteiger charge is 2.12. The number of carbonyl (C=O) groups excluding carboxylic acids is 1. The Balaban J connectivity index is 1.73. The van der Waals surface area contributed by atoms with E-state index in [1.165, 1.54) is 11.1 Å². The zero-order valence-corrected chi connectivity index (χ0v) is 13.5. The van der Waals surface area contributed by atoms with Crippen molar-refractivity contribution in [2.45, 2.75) is 32.6 Å². The zero-order valence-electron chi connectivity index (χ0n) is 12.7. The predicted molar refractivity (Wildman–Crippen MR) is 87.3 cm³/mol. The van der Waals surface area contributed by atoms with E-state index >= 15 is 0 Å². The molecule has 1 N–H and O–H groups in total. The van der Waals surface area contributed by atoms with Gasteiger partial charge < -0.3 is 9.73 Å². The van der Waals surface area contributed by atoms with Gasteiger partial charge in [-0.2, -0.15) is 0 Å². The van der Waals surface area contributed by atoms with Crippen LogP contribution in [0.5, 0.6) is 0 Å². The summed E-state index contributed by atoms with van der Waals surface area (Å²) in [7, 11) is 0. The second kappa shape index (κ2) is 7.36. The maximum Gasteiger partial charge on any atom is 0.230 e. The number of aryl methyl sites for hydroxylation is 2. The van der Waals surface area contributed by atoms with E-state index < -0.39 is 0 Å². The number of rotatable bonds is 6. The number of hydrogen-bond donors (Lipinski definition) is 1. The van der Waals surface area contributed by atoms with Gasteiger partial charge in [0, 0.05) is 5.75 Å². The molecule has 1 aromatic heterocycles. The number of hydrogen-bond acceptors (Lipinski definition) is 3. The van der Waals surface area contributed by atoms with Crippen molar-refractivity contribution in [3.05, 3.63) is 59.0 Å². The Hall–Kier alpha value is -1.68. The fraction of sp³-hybridized carbons (Fsp3) is 0.353. The largest absolute Gasteiger partial charge is 0.464 e. The van der Waals surface area contributed by atoms with Crippen LogP contribution in [-0.4, -0.2) is 11.7 Å². The summed E-state index contributed by atoms with van der Waals surface area (Å²) in [6, 6.07) is 12.1. The molecule has 2 rings (SSSR count). The molecule has 0 bridgehead atoms. The quantitative estimate of drug-likeness (QED) is 0.877. The fourth-order valence-electron chi connectivity index (χ4n) is 1.99. The summed E-state index contributed by atoms with van der Waals surface area (Å²) in [6.07, 6.45) is 0. The zero-order chi connectivity index (χ0) is 15.2. The van der Waals surface area contributed by atoms with E-state index in [2.05, 4.69) is 36.5 Å². The summed E-state index contributed by atoms with van der Waals surface area (Å²) in [5, 5.41) is 2.95. The normalized spacial score (nSPS) is 12.1. The van der Waals surface area contributed by atoms with Gasteiger partial charge >= 0.3 is 0 Å². The number of amides is 1.